The standard InChI is InChI=1S/C16H17Cl2N3O3S/c17-11-1-7-15(8-2-11)25(22,23)21-13-3-5-14(6-4-13)24-16-19-9-12(18)10-20-16/h1-2,7-10,13-14,21H,3-6H2. The van der Waals surface area contributed by atoms with Gasteiger partial charge in [-0.2, -0.15) is 0 Å². The van der Waals surface area contributed by atoms with Gasteiger partial charge < -0.3 is 4.74 Å². The van der Waals surface area contributed by atoms with Crippen molar-refractivity contribution in [3.63, 3.8) is 0 Å². The van der Waals surface area contributed by atoms with Crippen molar-refractivity contribution < 1.29 is 13.2 Å². The third kappa shape index (κ3) is 5.04. The average Bonchev–Trinajstić information content (AvgIpc) is 2.59. The smallest absolute Gasteiger partial charge is 0.316 e. The molecular formula is C16H17Cl2N3O3S. The normalized spacial score (nSPS) is 21.0. The Balaban J connectivity index is 1.53. The predicted octanol–water partition coefficient (Wildman–Crippen LogP) is 3.45. The molecular weight excluding hydrogens is 385 g/mol. The quantitative estimate of drug-likeness (QED) is 0.829. The van der Waals surface area contributed by atoms with Gasteiger partial charge in [-0.15, -0.1) is 0 Å². The summed E-state index contributed by atoms with van der Waals surface area (Å²) in [7, 11) is -3.55. The van der Waals surface area contributed by atoms with Crippen LogP contribution in [0.1, 0.15) is 25.7 Å². The van der Waals surface area contributed by atoms with Gasteiger partial charge in [-0.3, -0.25) is 0 Å². The molecule has 1 aliphatic rings. The summed E-state index contributed by atoms with van der Waals surface area (Å²) in [5.41, 5.74) is 0. The third-order valence-corrected chi connectivity index (χ3v) is 5.97. The largest absolute Gasteiger partial charge is 0.460 e. The molecule has 0 amide bonds. The van der Waals surface area contributed by atoms with Gasteiger partial charge in [0.25, 0.3) is 0 Å². The molecule has 1 aromatic carbocycles. The second-order valence-electron chi connectivity index (χ2n) is 5.85. The molecule has 1 aromatic heterocycles. The molecule has 1 saturated carbocycles. The molecule has 1 fully saturated rings. The monoisotopic (exact) mass is 401 g/mol. The topological polar surface area (TPSA) is 81.2 Å². The van der Waals surface area contributed by atoms with Crippen molar-refractivity contribution in [3.05, 3.63) is 46.7 Å². The number of sulfonamides is 1. The Bertz CT molecular complexity index is 806. The number of nitrogens with zero attached hydrogens (tertiary/aromatic N) is 2. The van der Waals surface area contributed by atoms with Gasteiger partial charge in [0.05, 0.1) is 22.3 Å². The Labute approximate surface area is 156 Å². The van der Waals surface area contributed by atoms with Crippen LogP contribution in [0.5, 0.6) is 6.01 Å². The molecule has 0 aliphatic heterocycles. The maximum absolute atomic E-state index is 12.4. The van der Waals surface area contributed by atoms with Crippen LogP contribution in [0.25, 0.3) is 0 Å². The maximum atomic E-state index is 12.4. The van der Waals surface area contributed by atoms with E-state index in [1.54, 1.807) is 12.1 Å². The molecule has 134 valence electrons. The van der Waals surface area contributed by atoms with Gasteiger partial charge in [0, 0.05) is 11.1 Å². The summed E-state index contributed by atoms with van der Waals surface area (Å²) in [6.45, 7) is 0. The van der Waals surface area contributed by atoms with E-state index in [-0.39, 0.29) is 23.1 Å². The molecule has 25 heavy (non-hydrogen) atoms. The Hall–Kier alpha value is -1.41. The van der Waals surface area contributed by atoms with Gasteiger partial charge >= 0.3 is 6.01 Å². The molecule has 0 bridgehead atoms. The van der Waals surface area contributed by atoms with Gasteiger partial charge in [0.2, 0.25) is 10.0 Å². The number of aromatic nitrogens is 2. The number of rotatable bonds is 5. The highest BCUT2D eigenvalue weighted by atomic mass is 35.5. The van der Waals surface area contributed by atoms with Crippen LogP contribution in [0.4, 0.5) is 0 Å². The second-order valence-corrected chi connectivity index (χ2v) is 8.44. The van der Waals surface area contributed by atoms with Gasteiger partial charge in [-0.1, -0.05) is 23.2 Å². The van der Waals surface area contributed by atoms with Crippen LogP contribution >= 0.6 is 23.2 Å². The van der Waals surface area contributed by atoms with Crippen LogP contribution in [0.3, 0.4) is 0 Å². The van der Waals surface area contributed by atoms with Crippen molar-refractivity contribution in [2.24, 2.45) is 0 Å². The van der Waals surface area contributed by atoms with Crippen LogP contribution in [-0.4, -0.2) is 30.5 Å². The van der Waals surface area contributed by atoms with Crippen molar-refractivity contribution in [1.29, 1.82) is 0 Å². The van der Waals surface area contributed by atoms with E-state index in [0.29, 0.717) is 22.9 Å². The fourth-order valence-corrected chi connectivity index (χ4v) is 4.24. The molecule has 6 nitrogen and oxygen atoms in total. The van der Waals surface area contributed by atoms with E-state index < -0.39 is 10.0 Å². The molecule has 0 unspecified atom stereocenters. The van der Waals surface area contributed by atoms with Crippen LogP contribution < -0.4 is 9.46 Å². The number of halogens is 2. The highest BCUT2D eigenvalue weighted by Gasteiger charge is 2.27. The number of benzene rings is 1. The molecule has 9 heteroatoms. The van der Waals surface area contributed by atoms with Gasteiger partial charge in [0.15, 0.2) is 0 Å². The zero-order valence-corrected chi connectivity index (χ0v) is 15.6. The van der Waals surface area contributed by atoms with E-state index in [1.165, 1.54) is 24.5 Å². The molecule has 1 N–H and O–H groups in total. The summed E-state index contributed by atoms with van der Waals surface area (Å²) in [4.78, 5) is 8.23. The fourth-order valence-electron chi connectivity index (χ4n) is 2.71. The lowest BCUT2D eigenvalue weighted by Gasteiger charge is -2.28. The van der Waals surface area contributed by atoms with Crippen molar-refractivity contribution in [1.82, 2.24) is 14.7 Å². The first-order chi connectivity index (χ1) is 11.9. The summed E-state index contributed by atoms with van der Waals surface area (Å²) < 4.78 is 33.3. The molecule has 1 aliphatic carbocycles. The second kappa shape index (κ2) is 7.86. The van der Waals surface area contributed by atoms with E-state index >= 15 is 0 Å². The highest BCUT2D eigenvalue weighted by molar-refractivity contribution is 7.89. The summed E-state index contributed by atoms with van der Waals surface area (Å²) in [5.74, 6) is 0. The number of nitrogens with one attached hydrogen (secondary N) is 1. The minimum atomic E-state index is -3.55. The van der Waals surface area contributed by atoms with Crippen LogP contribution in [0.2, 0.25) is 10.0 Å². The van der Waals surface area contributed by atoms with Gasteiger partial charge in [-0.05, 0) is 49.9 Å². The van der Waals surface area contributed by atoms with Crippen LogP contribution in [0.15, 0.2) is 41.6 Å². The van der Waals surface area contributed by atoms with Crippen LogP contribution in [0, 0.1) is 0 Å². The zero-order chi connectivity index (χ0) is 17.9. The van der Waals surface area contributed by atoms with Crippen molar-refractivity contribution in [3.8, 4) is 6.01 Å². The zero-order valence-electron chi connectivity index (χ0n) is 13.2. The van der Waals surface area contributed by atoms with Crippen molar-refractivity contribution in [2.75, 3.05) is 0 Å². The summed E-state index contributed by atoms with van der Waals surface area (Å²) in [6.07, 6.45) is 5.75. The lowest BCUT2D eigenvalue weighted by atomic mass is 9.94. The van der Waals surface area contributed by atoms with Crippen molar-refractivity contribution >= 4 is 33.2 Å². The fraction of sp³-hybridized carbons (Fsp3) is 0.375. The third-order valence-electron chi connectivity index (χ3n) is 3.99. The van der Waals surface area contributed by atoms with E-state index in [4.69, 9.17) is 27.9 Å². The maximum Gasteiger partial charge on any atom is 0.316 e. The molecule has 0 atom stereocenters. The van der Waals surface area contributed by atoms with E-state index in [0.717, 1.165) is 12.8 Å². The summed E-state index contributed by atoms with van der Waals surface area (Å²) in [5, 5.41) is 0.952. The molecule has 2 aromatic rings. The molecule has 0 radical (unpaired) electrons. The SMILES string of the molecule is O=S(=O)(NC1CCC(Oc2ncc(Cl)cn2)CC1)c1ccc(Cl)cc1. The number of ether oxygens (including phenoxy) is 1. The lowest BCUT2D eigenvalue weighted by molar-refractivity contribution is 0.132. The minimum Gasteiger partial charge on any atom is -0.460 e. The minimum absolute atomic E-state index is 0.0301. The Kier molecular flexibility index (Phi) is 5.78. The number of hydrogen-bond acceptors (Lipinski definition) is 5. The van der Waals surface area contributed by atoms with Crippen molar-refractivity contribution in [2.45, 2.75) is 42.7 Å². The Morgan fingerprint density at radius 2 is 1.56 bits per heavy atom. The Morgan fingerprint density at radius 1 is 0.960 bits per heavy atom. The summed E-state index contributed by atoms with van der Waals surface area (Å²) in [6, 6.07) is 6.29. The first-order valence-electron chi connectivity index (χ1n) is 7.84. The first kappa shape index (κ1) is 18.4. The van der Waals surface area contributed by atoms with Crippen LogP contribution in [-0.2, 0) is 10.0 Å². The first-order valence-corrected chi connectivity index (χ1v) is 10.1. The molecule has 0 saturated heterocycles. The van der Waals surface area contributed by atoms with E-state index in [2.05, 4.69) is 14.7 Å². The molecule has 1 heterocycles. The Morgan fingerprint density at radius 3 is 2.16 bits per heavy atom. The predicted molar refractivity (Wildman–Crippen MR) is 95.5 cm³/mol. The highest BCUT2D eigenvalue weighted by Crippen LogP contribution is 2.24. The van der Waals surface area contributed by atoms with Gasteiger partial charge in [0.1, 0.15) is 6.10 Å². The number of hydrogen-bond donors (Lipinski definition) is 1. The molecule has 3 rings (SSSR count). The van der Waals surface area contributed by atoms with E-state index in [1.807, 2.05) is 0 Å². The molecule has 0 spiro atoms. The lowest BCUT2D eigenvalue weighted by Crippen LogP contribution is -2.39. The van der Waals surface area contributed by atoms with E-state index in [9.17, 15) is 8.42 Å². The average molecular weight is 402 g/mol. The summed E-state index contributed by atoms with van der Waals surface area (Å²) >= 11 is 11.5. The van der Waals surface area contributed by atoms with Gasteiger partial charge in [-0.25, -0.2) is 23.1 Å².